The quantitative estimate of drug-likeness (QED) is 0.406. The largest absolute Gasteiger partial charge is 0.294 e. The van der Waals surface area contributed by atoms with Gasteiger partial charge in [0.2, 0.25) is 0 Å². The summed E-state index contributed by atoms with van der Waals surface area (Å²) >= 11 is 0. The highest BCUT2D eigenvalue weighted by Crippen LogP contribution is 2.94. The van der Waals surface area contributed by atoms with E-state index in [4.69, 9.17) is 4.99 Å². The van der Waals surface area contributed by atoms with Crippen molar-refractivity contribution in [1.29, 1.82) is 0 Å². The predicted octanol–water partition coefficient (Wildman–Crippen LogP) is 6.44. The number of hydrogen-bond acceptors (Lipinski definition) is 1. The van der Waals surface area contributed by atoms with Crippen molar-refractivity contribution in [3.63, 3.8) is 0 Å². The van der Waals surface area contributed by atoms with Crippen LogP contribution in [0.15, 0.2) is 17.1 Å². The standard InChI is InChI=1S/C24H37N/c1-6-25-17(3)18-7-8-19-22(18,5)11-10-20-23(19)14-13-21(4)15-16(2)9-12-24(20,21)23/h18-20H,2,6-15H2,1,3-5H3. The summed E-state index contributed by atoms with van der Waals surface area (Å²) in [5.74, 6) is 2.78. The van der Waals surface area contributed by atoms with Crippen molar-refractivity contribution in [1.82, 2.24) is 0 Å². The Bertz CT molecular complexity index is 661. The van der Waals surface area contributed by atoms with Crippen molar-refractivity contribution in [3.05, 3.63) is 12.2 Å². The molecule has 0 saturated heterocycles. The molecule has 5 aliphatic rings. The molecular formula is C24H37N. The summed E-state index contributed by atoms with van der Waals surface area (Å²) in [6, 6.07) is 0. The highest BCUT2D eigenvalue weighted by atomic mass is 14.9. The van der Waals surface area contributed by atoms with Crippen LogP contribution in [0.4, 0.5) is 0 Å². The van der Waals surface area contributed by atoms with E-state index in [2.05, 4.69) is 34.3 Å². The van der Waals surface area contributed by atoms with Gasteiger partial charge in [0, 0.05) is 18.2 Å². The van der Waals surface area contributed by atoms with E-state index in [1.807, 2.05) is 0 Å². The molecule has 0 radical (unpaired) electrons. The van der Waals surface area contributed by atoms with Crippen LogP contribution in [0.25, 0.3) is 0 Å². The smallest absolute Gasteiger partial charge is 0.0360 e. The fourth-order valence-electron chi connectivity index (χ4n) is 9.93. The Morgan fingerprint density at radius 1 is 1.08 bits per heavy atom. The number of nitrogens with zero attached hydrogens (tertiary/aromatic N) is 1. The van der Waals surface area contributed by atoms with Crippen molar-refractivity contribution in [3.8, 4) is 0 Å². The monoisotopic (exact) mass is 339 g/mol. The normalized spacial score (nSPS) is 56.9. The van der Waals surface area contributed by atoms with Gasteiger partial charge in [-0.25, -0.2) is 0 Å². The van der Waals surface area contributed by atoms with Gasteiger partial charge in [0.15, 0.2) is 0 Å². The van der Waals surface area contributed by atoms with Crippen LogP contribution in [0, 0.1) is 39.4 Å². The Morgan fingerprint density at radius 3 is 2.64 bits per heavy atom. The van der Waals surface area contributed by atoms with Gasteiger partial charge in [0.05, 0.1) is 0 Å². The van der Waals surface area contributed by atoms with E-state index in [0.717, 1.165) is 24.3 Å². The Labute approximate surface area is 154 Å². The van der Waals surface area contributed by atoms with Gasteiger partial charge in [-0.1, -0.05) is 26.0 Å². The molecule has 0 aromatic carbocycles. The molecule has 0 aliphatic heterocycles. The van der Waals surface area contributed by atoms with Crippen molar-refractivity contribution < 1.29 is 0 Å². The maximum atomic E-state index is 4.87. The molecule has 0 aromatic rings. The third kappa shape index (κ3) is 1.62. The minimum absolute atomic E-state index is 0.530. The summed E-state index contributed by atoms with van der Waals surface area (Å²) in [6.45, 7) is 15.2. The number of fused-ring (bicyclic) bond motifs is 1. The summed E-state index contributed by atoms with van der Waals surface area (Å²) in [7, 11) is 0. The second-order valence-electron chi connectivity index (χ2n) is 10.9. The number of allylic oxidation sites excluding steroid dienone is 1. The highest BCUT2D eigenvalue weighted by Gasteiger charge is 2.88. The molecule has 1 heteroatoms. The molecule has 0 heterocycles. The van der Waals surface area contributed by atoms with Gasteiger partial charge < -0.3 is 0 Å². The van der Waals surface area contributed by atoms with E-state index < -0.39 is 0 Å². The fraction of sp³-hybridized carbons (Fsp3) is 0.875. The Morgan fingerprint density at radius 2 is 1.88 bits per heavy atom. The molecule has 5 aliphatic carbocycles. The zero-order chi connectivity index (χ0) is 17.7. The Hall–Kier alpha value is -0.590. The first kappa shape index (κ1) is 16.6. The second kappa shape index (κ2) is 4.82. The summed E-state index contributed by atoms with van der Waals surface area (Å²) in [6.07, 6.45) is 13.0. The van der Waals surface area contributed by atoms with E-state index in [1.165, 1.54) is 63.5 Å². The van der Waals surface area contributed by atoms with Crippen LogP contribution in [-0.4, -0.2) is 12.3 Å². The molecule has 1 nitrogen and oxygen atoms in total. The number of hydrogen-bond donors (Lipinski definition) is 0. The average Bonchev–Trinajstić information content (AvgIpc) is 2.81. The molecule has 5 fully saturated rings. The van der Waals surface area contributed by atoms with Crippen molar-refractivity contribution in [2.75, 3.05) is 6.54 Å². The van der Waals surface area contributed by atoms with Crippen molar-refractivity contribution >= 4 is 5.71 Å². The number of rotatable bonds is 2. The van der Waals surface area contributed by atoms with E-state index >= 15 is 0 Å². The minimum Gasteiger partial charge on any atom is -0.294 e. The maximum Gasteiger partial charge on any atom is 0.0360 e. The van der Waals surface area contributed by atoms with Crippen LogP contribution in [0.1, 0.15) is 85.5 Å². The van der Waals surface area contributed by atoms with Crippen LogP contribution in [-0.2, 0) is 0 Å². The van der Waals surface area contributed by atoms with Crippen molar-refractivity contribution in [2.45, 2.75) is 85.5 Å². The Balaban J connectivity index is 1.55. The fourth-order valence-corrected chi connectivity index (χ4v) is 9.93. The summed E-state index contributed by atoms with van der Waals surface area (Å²) in [4.78, 5) is 4.87. The lowest BCUT2D eigenvalue weighted by molar-refractivity contribution is 0.0494. The van der Waals surface area contributed by atoms with Gasteiger partial charge in [-0.3, -0.25) is 4.99 Å². The highest BCUT2D eigenvalue weighted by molar-refractivity contribution is 5.85. The van der Waals surface area contributed by atoms with Crippen LogP contribution < -0.4 is 0 Å². The summed E-state index contributed by atoms with van der Waals surface area (Å²) < 4.78 is 0. The molecule has 7 atom stereocenters. The van der Waals surface area contributed by atoms with E-state index in [0.29, 0.717) is 21.7 Å². The number of aliphatic imine (C=N–C) groups is 1. The van der Waals surface area contributed by atoms with E-state index in [1.54, 1.807) is 5.57 Å². The molecule has 5 saturated carbocycles. The average molecular weight is 340 g/mol. The molecule has 0 bridgehead atoms. The lowest BCUT2D eigenvalue weighted by Gasteiger charge is -2.45. The first-order chi connectivity index (χ1) is 11.9. The molecule has 0 aromatic heterocycles. The van der Waals surface area contributed by atoms with Crippen LogP contribution in [0.2, 0.25) is 0 Å². The first-order valence-corrected chi connectivity index (χ1v) is 11.0. The minimum atomic E-state index is 0.530. The molecule has 5 rings (SSSR count). The molecule has 0 N–H and O–H groups in total. The van der Waals surface area contributed by atoms with Gasteiger partial charge in [0.25, 0.3) is 0 Å². The first-order valence-electron chi connectivity index (χ1n) is 11.0. The molecule has 2 spiro atoms. The summed E-state index contributed by atoms with van der Waals surface area (Å²) in [5, 5.41) is 0. The van der Waals surface area contributed by atoms with Gasteiger partial charge in [0.1, 0.15) is 0 Å². The molecule has 25 heavy (non-hydrogen) atoms. The van der Waals surface area contributed by atoms with Crippen LogP contribution in [0.3, 0.4) is 0 Å². The molecule has 7 unspecified atom stereocenters. The maximum absolute atomic E-state index is 4.87. The second-order valence-corrected chi connectivity index (χ2v) is 10.9. The van der Waals surface area contributed by atoms with E-state index in [-0.39, 0.29) is 0 Å². The van der Waals surface area contributed by atoms with E-state index in [9.17, 15) is 0 Å². The van der Waals surface area contributed by atoms with Gasteiger partial charge in [-0.05, 0) is 105 Å². The zero-order valence-electron chi connectivity index (χ0n) is 17.0. The molecular weight excluding hydrogens is 302 g/mol. The Kier molecular flexibility index (Phi) is 3.19. The molecule has 138 valence electrons. The zero-order valence-corrected chi connectivity index (χ0v) is 17.0. The van der Waals surface area contributed by atoms with Crippen LogP contribution in [0.5, 0.6) is 0 Å². The summed E-state index contributed by atoms with van der Waals surface area (Å²) in [5.41, 5.74) is 5.51. The lowest BCUT2D eigenvalue weighted by atomic mass is 9.59. The SMILES string of the molecule is C=C1CCC23C4CCC5(C)C(C(C)=NCC)CCC5C42CCC3(C)C1. The molecule has 0 amide bonds. The van der Waals surface area contributed by atoms with Gasteiger partial charge >= 0.3 is 0 Å². The lowest BCUT2D eigenvalue weighted by Crippen LogP contribution is -2.41. The van der Waals surface area contributed by atoms with Gasteiger partial charge in [-0.15, -0.1) is 0 Å². The van der Waals surface area contributed by atoms with Crippen molar-refractivity contribution in [2.24, 2.45) is 44.4 Å². The van der Waals surface area contributed by atoms with Gasteiger partial charge in [-0.2, -0.15) is 0 Å². The predicted molar refractivity (Wildman–Crippen MR) is 106 cm³/mol. The third-order valence-electron chi connectivity index (χ3n) is 10.5. The van der Waals surface area contributed by atoms with Crippen LogP contribution >= 0.6 is 0 Å². The third-order valence-corrected chi connectivity index (χ3v) is 10.5. The topological polar surface area (TPSA) is 12.4 Å².